The Labute approximate surface area is 694 Å². The summed E-state index contributed by atoms with van der Waals surface area (Å²) in [5, 5.41) is 21.4. The second-order valence-corrected chi connectivity index (χ2v) is 30.8. The molecule has 0 unspecified atom stereocenters. The maximum absolute atomic E-state index is 5.22. The van der Waals surface area contributed by atoms with E-state index in [0.717, 1.165) is 66.1 Å². The van der Waals surface area contributed by atoms with Crippen LogP contribution >= 0.6 is 0 Å². The molecule has 0 amide bonds. The average molecular weight is 1530 g/mol. The molecule has 0 spiro atoms. The van der Waals surface area contributed by atoms with Crippen LogP contribution in [0, 0.1) is 0 Å². The first-order valence-electron chi connectivity index (χ1n) is 40.8. The van der Waals surface area contributed by atoms with Crippen molar-refractivity contribution >= 4 is 97.0 Å². The molecular weight excluding hydrogens is 1450 g/mol. The van der Waals surface area contributed by atoms with E-state index in [-0.39, 0.29) is 0 Å². The highest BCUT2D eigenvalue weighted by Gasteiger charge is 2.24. The van der Waals surface area contributed by atoms with E-state index in [0.29, 0.717) is 34.9 Å². The average Bonchev–Trinajstić information content (AvgIpc) is 0.735. The highest BCUT2D eigenvalue weighted by atomic mass is 15.0. The molecule has 6 nitrogen and oxygen atoms in total. The predicted molar refractivity (Wildman–Crippen MR) is 502 cm³/mol. The summed E-state index contributed by atoms with van der Waals surface area (Å²) in [7, 11) is 0. The van der Waals surface area contributed by atoms with E-state index in [1.807, 2.05) is 0 Å². The zero-order valence-electron chi connectivity index (χ0n) is 65.3. The second kappa shape index (κ2) is 30.3. The number of nitrogens with zero attached hydrogens (tertiary/aromatic N) is 6. The molecule has 0 atom stereocenters. The second-order valence-electron chi connectivity index (χ2n) is 30.8. The first-order valence-corrected chi connectivity index (χ1v) is 40.8. The maximum atomic E-state index is 5.22. The van der Waals surface area contributed by atoms with Gasteiger partial charge < -0.3 is 0 Å². The van der Waals surface area contributed by atoms with Gasteiger partial charge in [-0.05, 0) is 206 Å². The first-order chi connectivity index (χ1) is 59.4. The lowest BCUT2D eigenvalue weighted by molar-refractivity contribution is 1.07. The summed E-state index contributed by atoms with van der Waals surface area (Å²) in [5.41, 5.74) is 19.9. The van der Waals surface area contributed by atoms with E-state index in [4.69, 9.17) is 29.9 Å². The number of aromatic nitrogens is 6. The summed E-state index contributed by atoms with van der Waals surface area (Å²) >= 11 is 0. The Morgan fingerprint density at radius 1 is 0.108 bits per heavy atom. The standard InChI is InChI=1S/C61H39N3.C53H33N3/c1-2-15-40(16-3-1)43-29-33-44(34-30-43)51-23-8-9-24-52(51)58-55-27-12-10-25-53(55)57(54-26-11-13-28-56(54)58)47-21-14-22-48(39-47)59-62-60(49-35-31-41-17-4-6-19-45(41)37-49)64-61(63-59)50-36-32-42-18-5-7-20-46(42)38-50;1-4-15-37-30-41(27-24-34(37)12-1)50-47-22-9-7-20-45(47)49(46-21-8-10-23-48(46)50)40-18-11-19-42(33-40)51-54-52(43-28-25-35-13-2-5-16-38(35)31-43)56-53(55-51)44-29-26-36-14-3-6-17-39(36)32-44/h1-39H;1-33H. The van der Waals surface area contributed by atoms with E-state index in [2.05, 4.69) is 437 Å². The molecular formula is C114H72N6. The van der Waals surface area contributed by atoms with E-state index in [1.165, 1.54) is 131 Å². The van der Waals surface area contributed by atoms with Gasteiger partial charge in [0.15, 0.2) is 34.9 Å². The lowest BCUT2D eigenvalue weighted by Gasteiger charge is -2.20. The molecule has 6 heteroatoms. The minimum absolute atomic E-state index is 0.626. The Morgan fingerprint density at radius 3 is 0.633 bits per heavy atom. The Balaban J connectivity index is 0.000000145. The Bertz CT molecular complexity index is 7680. The van der Waals surface area contributed by atoms with Crippen LogP contribution < -0.4 is 0 Å². The van der Waals surface area contributed by atoms with E-state index >= 15 is 0 Å². The molecule has 120 heavy (non-hydrogen) atoms. The lowest BCUT2D eigenvalue weighted by Crippen LogP contribution is -2.00. The topological polar surface area (TPSA) is 77.3 Å². The quantitative estimate of drug-likeness (QED) is 0.113. The van der Waals surface area contributed by atoms with Crippen molar-refractivity contribution in [3.63, 3.8) is 0 Å². The molecule has 23 aromatic rings. The molecule has 0 radical (unpaired) electrons. The minimum atomic E-state index is 0.626. The van der Waals surface area contributed by atoms with Crippen molar-refractivity contribution in [3.05, 3.63) is 437 Å². The molecule has 0 aliphatic heterocycles. The van der Waals surface area contributed by atoms with Crippen molar-refractivity contribution in [3.8, 4) is 135 Å². The fourth-order valence-electron chi connectivity index (χ4n) is 17.7. The zero-order valence-corrected chi connectivity index (χ0v) is 65.3. The highest BCUT2D eigenvalue weighted by molar-refractivity contribution is 6.24. The van der Waals surface area contributed by atoms with E-state index < -0.39 is 0 Å². The monoisotopic (exact) mass is 1520 g/mol. The summed E-state index contributed by atoms with van der Waals surface area (Å²) < 4.78 is 0. The smallest absolute Gasteiger partial charge is 0.164 e. The molecule has 0 aliphatic rings. The molecule has 0 bridgehead atoms. The number of benzene rings is 21. The third-order valence-electron chi connectivity index (χ3n) is 23.5. The zero-order chi connectivity index (χ0) is 79.4. The van der Waals surface area contributed by atoms with E-state index in [1.54, 1.807) is 0 Å². The molecule has 0 N–H and O–H groups in total. The van der Waals surface area contributed by atoms with Gasteiger partial charge in [-0.3, -0.25) is 0 Å². The Morgan fingerprint density at radius 2 is 0.308 bits per heavy atom. The predicted octanol–water partition coefficient (Wildman–Crippen LogP) is 30.1. The third kappa shape index (κ3) is 13.2. The van der Waals surface area contributed by atoms with Gasteiger partial charge in [0.25, 0.3) is 0 Å². The molecule has 2 aromatic heterocycles. The van der Waals surface area contributed by atoms with Crippen molar-refractivity contribution < 1.29 is 0 Å². The molecule has 2 heterocycles. The van der Waals surface area contributed by atoms with Gasteiger partial charge in [-0.1, -0.05) is 394 Å². The van der Waals surface area contributed by atoms with Crippen LogP contribution in [-0.2, 0) is 0 Å². The fourth-order valence-corrected chi connectivity index (χ4v) is 17.7. The Kier molecular flexibility index (Phi) is 17.8. The van der Waals surface area contributed by atoms with Crippen LogP contribution in [0.1, 0.15) is 0 Å². The van der Waals surface area contributed by atoms with Crippen LogP contribution in [0.4, 0.5) is 0 Å². The molecule has 21 aromatic carbocycles. The SMILES string of the molecule is c1cc(-c2nc(-c3ccc4ccccc4c3)nc(-c3ccc4ccccc4c3)n2)cc(-c2c3ccccc3c(-c3ccc4ccccc4c3)c3ccccc23)c1.c1ccc(-c2ccc(-c3ccccc3-c3c4ccccc4c(-c4cccc(-c5nc(-c6ccc7ccccc7c6)nc(-c6ccc7ccccc7c6)n5)c4)c4ccccc34)cc2)cc1. The van der Waals surface area contributed by atoms with E-state index in [9.17, 15) is 0 Å². The molecule has 23 rings (SSSR count). The van der Waals surface area contributed by atoms with Gasteiger partial charge >= 0.3 is 0 Å². The summed E-state index contributed by atoms with van der Waals surface area (Å²) in [4.78, 5) is 31.1. The fraction of sp³-hybridized carbons (Fsp3) is 0. The summed E-state index contributed by atoms with van der Waals surface area (Å²) in [6.45, 7) is 0. The van der Waals surface area contributed by atoms with Gasteiger partial charge in [0.05, 0.1) is 0 Å². The van der Waals surface area contributed by atoms with Crippen molar-refractivity contribution in [2.45, 2.75) is 0 Å². The normalized spacial score (nSPS) is 11.5. The number of hydrogen-bond acceptors (Lipinski definition) is 6. The lowest BCUT2D eigenvalue weighted by atomic mass is 9.83. The van der Waals surface area contributed by atoms with Crippen molar-refractivity contribution in [1.29, 1.82) is 0 Å². The molecule has 0 saturated carbocycles. The molecule has 558 valence electrons. The van der Waals surface area contributed by atoms with Crippen LogP contribution in [-0.4, -0.2) is 29.9 Å². The molecule has 0 saturated heterocycles. The molecule has 0 fully saturated rings. The van der Waals surface area contributed by atoms with Crippen molar-refractivity contribution in [2.24, 2.45) is 0 Å². The van der Waals surface area contributed by atoms with Gasteiger partial charge in [-0.2, -0.15) is 0 Å². The number of rotatable bonds is 12. The van der Waals surface area contributed by atoms with Crippen LogP contribution in [0.3, 0.4) is 0 Å². The Hall–Kier alpha value is -16.0. The summed E-state index contributed by atoms with van der Waals surface area (Å²) in [5.74, 6) is 3.82. The summed E-state index contributed by atoms with van der Waals surface area (Å²) in [6, 6.07) is 156. The maximum Gasteiger partial charge on any atom is 0.164 e. The molecule has 0 aliphatic carbocycles. The third-order valence-corrected chi connectivity index (χ3v) is 23.5. The number of fused-ring (bicyclic) bond motifs is 9. The van der Waals surface area contributed by atoms with Crippen molar-refractivity contribution in [2.75, 3.05) is 0 Å². The van der Waals surface area contributed by atoms with Crippen LogP contribution in [0.2, 0.25) is 0 Å². The van der Waals surface area contributed by atoms with Crippen LogP contribution in [0.5, 0.6) is 0 Å². The van der Waals surface area contributed by atoms with Crippen LogP contribution in [0.25, 0.3) is 232 Å². The van der Waals surface area contributed by atoms with Crippen LogP contribution in [0.15, 0.2) is 437 Å². The van der Waals surface area contributed by atoms with Gasteiger partial charge in [0.1, 0.15) is 0 Å². The van der Waals surface area contributed by atoms with Gasteiger partial charge in [0, 0.05) is 33.4 Å². The minimum Gasteiger partial charge on any atom is -0.208 e. The van der Waals surface area contributed by atoms with Gasteiger partial charge in [-0.15, -0.1) is 0 Å². The van der Waals surface area contributed by atoms with Gasteiger partial charge in [-0.25, -0.2) is 29.9 Å². The first kappa shape index (κ1) is 70.6. The largest absolute Gasteiger partial charge is 0.208 e. The van der Waals surface area contributed by atoms with Gasteiger partial charge in [0.2, 0.25) is 0 Å². The highest BCUT2D eigenvalue weighted by Crippen LogP contribution is 2.49. The summed E-state index contributed by atoms with van der Waals surface area (Å²) in [6.07, 6.45) is 0. The van der Waals surface area contributed by atoms with Crippen molar-refractivity contribution in [1.82, 2.24) is 29.9 Å². The number of hydrogen-bond donors (Lipinski definition) is 0.